The zero-order chi connectivity index (χ0) is 18.7. The zero-order valence-corrected chi connectivity index (χ0v) is 16.0. The highest BCUT2D eigenvalue weighted by Gasteiger charge is 2.10. The summed E-state index contributed by atoms with van der Waals surface area (Å²) < 4.78 is 7.24. The predicted molar refractivity (Wildman–Crippen MR) is 105 cm³/mol. The molecule has 0 unspecified atom stereocenters. The molecule has 0 radical (unpaired) electrons. The van der Waals surface area contributed by atoms with Crippen LogP contribution < -0.4 is 10.3 Å². The number of aryl methyl sites for hydroxylation is 1. The molecular weight excluding hydrogens is 398 g/mol. The second-order valence-corrected chi connectivity index (χ2v) is 6.65. The van der Waals surface area contributed by atoms with E-state index in [-0.39, 0.29) is 11.3 Å². The number of aromatic nitrogens is 2. The van der Waals surface area contributed by atoms with Gasteiger partial charge in [-0.25, -0.2) is 4.98 Å². The monoisotopic (exact) mass is 415 g/mol. The van der Waals surface area contributed by atoms with E-state index in [9.17, 15) is 9.90 Å². The standard InChI is InChI=1S/C19H18BrN3O3/c1-3-4-18-22-15-7-6-13(20)10-14(15)19(25)23(18)21-11-12-5-8-16(24)17(9-12)26-2/h5-11,24H,3-4H2,1-2H3. The number of halogens is 1. The van der Waals surface area contributed by atoms with E-state index in [1.54, 1.807) is 24.4 Å². The number of methoxy groups -OCH3 is 1. The van der Waals surface area contributed by atoms with Crippen LogP contribution in [-0.4, -0.2) is 28.1 Å². The first-order valence-electron chi connectivity index (χ1n) is 8.16. The van der Waals surface area contributed by atoms with Crippen LogP contribution in [-0.2, 0) is 6.42 Å². The third-order valence-electron chi connectivity index (χ3n) is 3.88. The van der Waals surface area contributed by atoms with E-state index >= 15 is 0 Å². The number of phenolic OH excluding ortho intramolecular Hbond substituents is 1. The number of nitrogens with zero attached hydrogens (tertiary/aromatic N) is 3. The molecule has 1 aromatic heterocycles. The Hall–Kier alpha value is -2.67. The Morgan fingerprint density at radius 3 is 2.85 bits per heavy atom. The zero-order valence-electron chi connectivity index (χ0n) is 14.4. The average Bonchev–Trinajstić information content (AvgIpc) is 2.63. The highest BCUT2D eigenvalue weighted by Crippen LogP contribution is 2.25. The molecule has 1 N–H and O–H groups in total. The van der Waals surface area contributed by atoms with Gasteiger partial charge in [0.05, 0.1) is 24.2 Å². The molecule has 2 aromatic carbocycles. The van der Waals surface area contributed by atoms with Crippen molar-refractivity contribution >= 4 is 33.0 Å². The number of phenols is 1. The van der Waals surface area contributed by atoms with E-state index in [1.807, 2.05) is 19.1 Å². The maximum absolute atomic E-state index is 12.9. The molecule has 0 atom stereocenters. The molecule has 6 nitrogen and oxygen atoms in total. The van der Waals surface area contributed by atoms with Crippen LogP contribution in [0.25, 0.3) is 10.9 Å². The first-order valence-corrected chi connectivity index (χ1v) is 8.95. The number of aromatic hydroxyl groups is 1. The fourth-order valence-corrected chi connectivity index (χ4v) is 2.96. The predicted octanol–water partition coefficient (Wildman–Crippen LogP) is 3.71. The molecule has 26 heavy (non-hydrogen) atoms. The lowest BCUT2D eigenvalue weighted by Gasteiger charge is -2.09. The van der Waals surface area contributed by atoms with E-state index in [0.29, 0.717) is 34.5 Å². The van der Waals surface area contributed by atoms with Crippen molar-refractivity contribution < 1.29 is 9.84 Å². The molecule has 0 aliphatic heterocycles. The van der Waals surface area contributed by atoms with Crippen LogP contribution in [0.1, 0.15) is 24.7 Å². The smallest absolute Gasteiger partial charge is 0.282 e. The number of hydrogen-bond donors (Lipinski definition) is 1. The summed E-state index contributed by atoms with van der Waals surface area (Å²) in [5.74, 6) is 0.996. The van der Waals surface area contributed by atoms with Gasteiger partial charge in [0, 0.05) is 10.9 Å². The lowest BCUT2D eigenvalue weighted by atomic mass is 10.2. The summed E-state index contributed by atoms with van der Waals surface area (Å²) in [6, 6.07) is 10.3. The second kappa shape index (κ2) is 7.70. The Balaban J connectivity index is 2.12. The first kappa shape index (κ1) is 18.1. The van der Waals surface area contributed by atoms with E-state index in [1.165, 1.54) is 17.9 Å². The van der Waals surface area contributed by atoms with Crippen LogP contribution in [0.15, 0.2) is 50.8 Å². The number of benzene rings is 2. The number of ether oxygens (including phenoxy) is 1. The van der Waals surface area contributed by atoms with Crippen LogP contribution >= 0.6 is 15.9 Å². The SMILES string of the molecule is CCCc1nc2ccc(Br)cc2c(=O)n1N=Cc1ccc(O)c(OC)c1. The van der Waals surface area contributed by atoms with Crippen molar-refractivity contribution in [2.45, 2.75) is 19.8 Å². The fourth-order valence-electron chi connectivity index (χ4n) is 2.60. The molecule has 7 heteroatoms. The summed E-state index contributed by atoms with van der Waals surface area (Å²) in [6.45, 7) is 2.02. The largest absolute Gasteiger partial charge is 0.504 e. The van der Waals surface area contributed by atoms with Crippen LogP contribution in [0.4, 0.5) is 0 Å². The Kier molecular flexibility index (Phi) is 5.37. The van der Waals surface area contributed by atoms with Crippen molar-refractivity contribution in [1.29, 1.82) is 0 Å². The first-order chi connectivity index (χ1) is 12.5. The quantitative estimate of drug-likeness (QED) is 0.644. The molecule has 1 heterocycles. The van der Waals surface area contributed by atoms with Gasteiger partial charge in [0.2, 0.25) is 0 Å². The number of fused-ring (bicyclic) bond motifs is 1. The normalized spacial score (nSPS) is 11.3. The van der Waals surface area contributed by atoms with Gasteiger partial charge in [-0.15, -0.1) is 0 Å². The molecular formula is C19H18BrN3O3. The lowest BCUT2D eigenvalue weighted by Crippen LogP contribution is -2.22. The van der Waals surface area contributed by atoms with Crippen LogP contribution in [0.3, 0.4) is 0 Å². The Bertz CT molecular complexity index is 1040. The minimum Gasteiger partial charge on any atom is -0.504 e. The molecule has 3 rings (SSSR count). The summed E-state index contributed by atoms with van der Waals surface area (Å²) in [4.78, 5) is 17.5. The van der Waals surface area contributed by atoms with Crippen molar-refractivity contribution in [3.8, 4) is 11.5 Å². The lowest BCUT2D eigenvalue weighted by molar-refractivity contribution is 0.373. The van der Waals surface area contributed by atoms with Gasteiger partial charge in [-0.3, -0.25) is 4.79 Å². The molecule has 3 aromatic rings. The highest BCUT2D eigenvalue weighted by molar-refractivity contribution is 9.10. The summed E-state index contributed by atoms with van der Waals surface area (Å²) in [6.07, 6.45) is 3.03. The molecule has 0 spiro atoms. The highest BCUT2D eigenvalue weighted by atomic mass is 79.9. The van der Waals surface area contributed by atoms with Crippen molar-refractivity contribution in [3.63, 3.8) is 0 Å². The molecule has 0 amide bonds. The van der Waals surface area contributed by atoms with Crippen molar-refractivity contribution in [1.82, 2.24) is 9.66 Å². The summed E-state index contributed by atoms with van der Waals surface area (Å²) in [5, 5.41) is 14.5. The average molecular weight is 416 g/mol. The van der Waals surface area contributed by atoms with E-state index in [4.69, 9.17) is 4.74 Å². The fraction of sp³-hybridized carbons (Fsp3) is 0.211. The Morgan fingerprint density at radius 1 is 1.31 bits per heavy atom. The van der Waals surface area contributed by atoms with Gasteiger partial charge in [0.15, 0.2) is 11.5 Å². The maximum atomic E-state index is 12.9. The van der Waals surface area contributed by atoms with E-state index < -0.39 is 0 Å². The van der Waals surface area contributed by atoms with Crippen LogP contribution in [0.2, 0.25) is 0 Å². The summed E-state index contributed by atoms with van der Waals surface area (Å²) in [7, 11) is 1.48. The Morgan fingerprint density at radius 2 is 2.12 bits per heavy atom. The van der Waals surface area contributed by atoms with E-state index in [2.05, 4.69) is 26.0 Å². The van der Waals surface area contributed by atoms with Gasteiger partial charge in [-0.2, -0.15) is 9.78 Å². The van der Waals surface area contributed by atoms with Gasteiger partial charge in [0.25, 0.3) is 5.56 Å². The van der Waals surface area contributed by atoms with Crippen molar-refractivity contribution in [2.75, 3.05) is 7.11 Å². The van der Waals surface area contributed by atoms with Gasteiger partial charge >= 0.3 is 0 Å². The molecule has 0 saturated carbocycles. The van der Waals surface area contributed by atoms with E-state index in [0.717, 1.165) is 10.9 Å². The van der Waals surface area contributed by atoms with Gasteiger partial charge in [0.1, 0.15) is 5.82 Å². The molecule has 0 aliphatic rings. The third kappa shape index (κ3) is 3.62. The maximum Gasteiger partial charge on any atom is 0.282 e. The number of hydrogen-bond acceptors (Lipinski definition) is 5. The minimum atomic E-state index is -0.221. The molecule has 0 bridgehead atoms. The van der Waals surface area contributed by atoms with Crippen molar-refractivity contribution in [3.05, 3.63) is 62.6 Å². The minimum absolute atomic E-state index is 0.0470. The van der Waals surface area contributed by atoms with Gasteiger partial charge < -0.3 is 9.84 Å². The second-order valence-electron chi connectivity index (χ2n) is 5.73. The molecule has 0 fully saturated rings. The third-order valence-corrected chi connectivity index (χ3v) is 4.37. The summed E-state index contributed by atoms with van der Waals surface area (Å²) in [5.41, 5.74) is 1.13. The van der Waals surface area contributed by atoms with Crippen LogP contribution in [0.5, 0.6) is 11.5 Å². The molecule has 0 saturated heterocycles. The van der Waals surface area contributed by atoms with Crippen molar-refractivity contribution in [2.24, 2.45) is 5.10 Å². The van der Waals surface area contributed by atoms with Gasteiger partial charge in [-0.1, -0.05) is 22.9 Å². The number of rotatable bonds is 5. The summed E-state index contributed by atoms with van der Waals surface area (Å²) >= 11 is 3.39. The van der Waals surface area contributed by atoms with Crippen LogP contribution in [0, 0.1) is 0 Å². The molecule has 0 aliphatic carbocycles. The Labute approximate surface area is 158 Å². The topological polar surface area (TPSA) is 76.7 Å². The van der Waals surface area contributed by atoms with Gasteiger partial charge in [-0.05, 0) is 48.4 Å². The molecule has 134 valence electrons.